The van der Waals surface area contributed by atoms with E-state index in [4.69, 9.17) is 0 Å². The van der Waals surface area contributed by atoms with Gasteiger partial charge in [0, 0.05) is 18.7 Å². The van der Waals surface area contributed by atoms with Crippen molar-refractivity contribution in [3.63, 3.8) is 0 Å². The van der Waals surface area contributed by atoms with Gasteiger partial charge in [0.05, 0.1) is 12.1 Å². The van der Waals surface area contributed by atoms with Crippen LogP contribution in [-0.4, -0.2) is 38.5 Å². The average Bonchev–Trinajstić information content (AvgIpc) is 2.44. The molecule has 3 N–H and O–H groups in total. The molecule has 5 nitrogen and oxygen atoms in total. The molecule has 0 aliphatic rings. The molecule has 0 fully saturated rings. The number of amides is 2. The summed E-state index contributed by atoms with van der Waals surface area (Å²) in [6.07, 6.45) is -4.44. The third-order valence-corrected chi connectivity index (χ3v) is 2.58. The Labute approximate surface area is 132 Å². The lowest BCUT2D eigenvalue weighted by Crippen LogP contribution is -2.39. The van der Waals surface area contributed by atoms with E-state index in [1.807, 2.05) is 0 Å². The molecule has 0 saturated heterocycles. The Bertz CT molecular complexity index is 492. The third-order valence-electron chi connectivity index (χ3n) is 2.58. The molecule has 0 spiro atoms. The Hall–Kier alpha value is -1.80. The van der Waals surface area contributed by atoms with Crippen molar-refractivity contribution in [1.82, 2.24) is 16.0 Å². The number of carbonyl (C=O) groups is 2. The lowest BCUT2D eigenvalue weighted by atomic mass is 10.1. The Kier molecular flexibility index (Phi) is 8.51. The van der Waals surface area contributed by atoms with E-state index in [0.29, 0.717) is 13.1 Å². The number of hydrogen-bond acceptors (Lipinski definition) is 3. The highest BCUT2D eigenvalue weighted by molar-refractivity contribution is 5.96. The van der Waals surface area contributed by atoms with E-state index in [2.05, 4.69) is 16.0 Å². The van der Waals surface area contributed by atoms with E-state index in [1.54, 1.807) is 7.05 Å². The van der Waals surface area contributed by atoms with Gasteiger partial charge >= 0.3 is 6.18 Å². The largest absolute Gasteiger partial charge is 0.416 e. The second-order valence-corrected chi connectivity index (χ2v) is 4.21. The molecule has 0 atom stereocenters. The second kappa shape index (κ2) is 9.26. The van der Waals surface area contributed by atoms with Crippen LogP contribution in [0.5, 0.6) is 0 Å². The molecule has 1 rings (SSSR count). The summed E-state index contributed by atoms with van der Waals surface area (Å²) in [5, 5.41) is 7.72. The first-order chi connectivity index (χ1) is 9.84. The monoisotopic (exact) mass is 339 g/mol. The first-order valence-corrected chi connectivity index (χ1v) is 6.21. The van der Waals surface area contributed by atoms with Gasteiger partial charge in [-0.3, -0.25) is 9.59 Å². The Morgan fingerprint density at radius 1 is 1.05 bits per heavy atom. The molecule has 1 aromatic carbocycles. The second-order valence-electron chi connectivity index (χ2n) is 4.21. The van der Waals surface area contributed by atoms with Crippen LogP contribution in [0.15, 0.2) is 24.3 Å². The van der Waals surface area contributed by atoms with Crippen LogP contribution in [0.2, 0.25) is 0 Å². The predicted octanol–water partition coefficient (Wildman–Crippen LogP) is 1.19. The summed E-state index contributed by atoms with van der Waals surface area (Å²) in [6, 6.07) is 3.78. The average molecular weight is 340 g/mol. The van der Waals surface area contributed by atoms with Crippen molar-refractivity contribution < 1.29 is 22.8 Å². The Balaban J connectivity index is 0.00000441. The quantitative estimate of drug-likeness (QED) is 0.682. The highest BCUT2D eigenvalue weighted by Gasteiger charge is 2.30. The van der Waals surface area contributed by atoms with E-state index < -0.39 is 17.6 Å². The minimum absolute atomic E-state index is 0. The van der Waals surface area contributed by atoms with E-state index in [0.717, 1.165) is 24.3 Å². The highest BCUT2D eigenvalue weighted by atomic mass is 35.5. The number of alkyl halides is 3. The maximum Gasteiger partial charge on any atom is 0.416 e. The normalized spacial score (nSPS) is 10.5. The smallest absolute Gasteiger partial charge is 0.353 e. The molecule has 0 radical (unpaired) electrons. The molecule has 0 unspecified atom stereocenters. The summed E-state index contributed by atoms with van der Waals surface area (Å²) in [6.45, 7) is 0.785. The molecule has 1 aromatic rings. The number of benzene rings is 1. The molecule has 0 bridgehead atoms. The lowest BCUT2D eigenvalue weighted by molar-refractivity contribution is -0.137. The van der Waals surface area contributed by atoms with Crippen LogP contribution in [0.25, 0.3) is 0 Å². The van der Waals surface area contributed by atoms with Gasteiger partial charge in [-0.25, -0.2) is 0 Å². The van der Waals surface area contributed by atoms with E-state index in [9.17, 15) is 22.8 Å². The maximum absolute atomic E-state index is 12.4. The molecule has 0 saturated carbocycles. The fraction of sp³-hybridized carbons (Fsp3) is 0.385. The zero-order valence-electron chi connectivity index (χ0n) is 11.8. The summed E-state index contributed by atoms with van der Waals surface area (Å²) in [4.78, 5) is 23.0. The molecule has 0 aliphatic heterocycles. The summed E-state index contributed by atoms with van der Waals surface area (Å²) < 4.78 is 37.1. The van der Waals surface area contributed by atoms with Crippen molar-refractivity contribution in [2.45, 2.75) is 6.18 Å². The van der Waals surface area contributed by atoms with Crippen molar-refractivity contribution in [1.29, 1.82) is 0 Å². The van der Waals surface area contributed by atoms with Crippen molar-refractivity contribution in [3.05, 3.63) is 35.4 Å². The summed E-state index contributed by atoms with van der Waals surface area (Å²) in [5.41, 5.74) is -0.769. The van der Waals surface area contributed by atoms with E-state index in [-0.39, 0.29) is 30.4 Å². The molecule has 0 aliphatic carbocycles. The van der Waals surface area contributed by atoms with Gasteiger partial charge in [0.25, 0.3) is 5.91 Å². The minimum atomic E-state index is -4.44. The predicted molar refractivity (Wildman–Crippen MR) is 78.0 cm³/mol. The van der Waals surface area contributed by atoms with Gasteiger partial charge in [0.2, 0.25) is 5.91 Å². The number of rotatable bonds is 6. The van der Waals surface area contributed by atoms with Gasteiger partial charge in [-0.05, 0) is 31.3 Å². The van der Waals surface area contributed by atoms with Crippen molar-refractivity contribution in [2.75, 3.05) is 26.7 Å². The number of likely N-dealkylation sites (N-methyl/N-ethyl adjacent to an activating group) is 1. The number of hydrogen-bond donors (Lipinski definition) is 3. The fourth-order valence-electron chi connectivity index (χ4n) is 1.46. The molecule has 2 amide bonds. The lowest BCUT2D eigenvalue weighted by Gasteiger charge is -2.08. The van der Waals surface area contributed by atoms with Gasteiger partial charge in [0.1, 0.15) is 0 Å². The van der Waals surface area contributed by atoms with Crippen LogP contribution in [-0.2, 0) is 11.0 Å². The Morgan fingerprint density at radius 2 is 1.64 bits per heavy atom. The highest BCUT2D eigenvalue weighted by Crippen LogP contribution is 2.28. The SMILES string of the molecule is CNCCNC(=O)CNC(=O)c1ccc(C(F)(F)F)cc1.Cl. The van der Waals surface area contributed by atoms with Crippen molar-refractivity contribution in [2.24, 2.45) is 0 Å². The molecule has 0 aromatic heterocycles. The summed E-state index contributed by atoms with van der Waals surface area (Å²) in [5.74, 6) is -0.974. The maximum atomic E-state index is 12.4. The van der Waals surface area contributed by atoms with Crippen molar-refractivity contribution >= 4 is 24.2 Å². The van der Waals surface area contributed by atoms with Crippen molar-refractivity contribution in [3.8, 4) is 0 Å². The van der Waals surface area contributed by atoms with Gasteiger partial charge in [-0.1, -0.05) is 0 Å². The molecule has 124 valence electrons. The van der Waals surface area contributed by atoms with Crippen LogP contribution in [0.1, 0.15) is 15.9 Å². The third kappa shape index (κ3) is 6.77. The molecule has 9 heteroatoms. The molecular weight excluding hydrogens is 323 g/mol. The number of halogens is 4. The van der Waals surface area contributed by atoms with Gasteiger partial charge in [-0.2, -0.15) is 13.2 Å². The number of nitrogens with one attached hydrogen (secondary N) is 3. The zero-order chi connectivity index (χ0) is 15.9. The van der Waals surface area contributed by atoms with Crippen LogP contribution in [0.4, 0.5) is 13.2 Å². The molecular formula is C13H17ClF3N3O2. The van der Waals surface area contributed by atoms with Gasteiger partial charge in [0.15, 0.2) is 0 Å². The van der Waals surface area contributed by atoms with E-state index >= 15 is 0 Å². The van der Waals surface area contributed by atoms with Crippen LogP contribution >= 0.6 is 12.4 Å². The van der Waals surface area contributed by atoms with Crippen LogP contribution < -0.4 is 16.0 Å². The first-order valence-electron chi connectivity index (χ1n) is 6.21. The Morgan fingerprint density at radius 3 is 2.14 bits per heavy atom. The van der Waals surface area contributed by atoms with Gasteiger partial charge in [-0.15, -0.1) is 12.4 Å². The van der Waals surface area contributed by atoms with Crippen LogP contribution in [0.3, 0.4) is 0 Å². The summed E-state index contributed by atoms with van der Waals surface area (Å²) >= 11 is 0. The number of carbonyl (C=O) groups excluding carboxylic acids is 2. The van der Waals surface area contributed by atoms with Crippen LogP contribution in [0, 0.1) is 0 Å². The first kappa shape index (κ1) is 20.2. The van der Waals surface area contributed by atoms with E-state index in [1.165, 1.54) is 0 Å². The standard InChI is InChI=1S/C13H16F3N3O2.ClH/c1-17-6-7-18-11(20)8-19-12(21)9-2-4-10(5-3-9)13(14,15)16;/h2-5,17H,6-8H2,1H3,(H,18,20)(H,19,21);1H. The zero-order valence-corrected chi connectivity index (χ0v) is 12.6. The molecule has 0 heterocycles. The summed E-state index contributed by atoms with van der Waals surface area (Å²) in [7, 11) is 1.73. The minimum Gasteiger partial charge on any atom is -0.353 e. The molecule has 22 heavy (non-hydrogen) atoms. The fourth-order valence-corrected chi connectivity index (χ4v) is 1.46. The van der Waals surface area contributed by atoms with Gasteiger partial charge < -0.3 is 16.0 Å². The topological polar surface area (TPSA) is 70.2 Å².